The molecule has 2 aromatic heterocycles. The van der Waals surface area contributed by atoms with E-state index in [-0.39, 0.29) is 6.04 Å². The van der Waals surface area contributed by atoms with Gasteiger partial charge < -0.3 is 10.3 Å². The topological polar surface area (TPSA) is 56.7 Å². The highest BCUT2D eigenvalue weighted by molar-refractivity contribution is 7.15. The third kappa shape index (κ3) is 1.79. The maximum Gasteiger partial charge on any atom is 0.142 e. The van der Waals surface area contributed by atoms with Crippen molar-refractivity contribution in [2.75, 3.05) is 0 Å². The minimum Gasteiger partial charge on any atom is -0.329 e. The molecule has 1 aliphatic rings. The molecule has 0 spiro atoms. The van der Waals surface area contributed by atoms with Gasteiger partial charge in [-0.25, -0.2) is 9.97 Å². The lowest BCUT2D eigenvalue weighted by Crippen LogP contribution is -2.15. The Morgan fingerprint density at radius 1 is 1.59 bits per heavy atom. The van der Waals surface area contributed by atoms with Crippen LogP contribution >= 0.6 is 11.3 Å². The summed E-state index contributed by atoms with van der Waals surface area (Å²) in [5.74, 6) is 0. The zero-order valence-corrected chi connectivity index (χ0v) is 10.7. The molecule has 1 aliphatic carbocycles. The number of nitrogens with zero attached hydrogens (tertiary/aromatic N) is 3. The first-order chi connectivity index (χ1) is 8.29. The molecular formula is C12H16N4S. The molecule has 0 aliphatic heterocycles. The van der Waals surface area contributed by atoms with Crippen LogP contribution < -0.4 is 5.73 Å². The van der Waals surface area contributed by atoms with Crippen LogP contribution in [0.5, 0.6) is 0 Å². The van der Waals surface area contributed by atoms with Crippen LogP contribution in [0.2, 0.25) is 0 Å². The van der Waals surface area contributed by atoms with Gasteiger partial charge in [0.1, 0.15) is 5.01 Å². The van der Waals surface area contributed by atoms with E-state index >= 15 is 0 Å². The van der Waals surface area contributed by atoms with Crippen LogP contribution in [0.15, 0.2) is 12.5 Å². The summed E-state index contributed by atoms with van der Waals surface area (Å²) in [4.78, 5) is 10.2. The number of rotatable bonds is 2. The van der Waals surface area contributed by atoms with Gasteiger partial charge in [0.05, 0.1) is 23.9 Å². The van der Waals surface area contributed by atoms with Crippen LogP contribution in [0.3, 0.4) is 0 Å². The number of hydrogen-bond acceptors (Lipinski definition) is 4. The van der Waals surface area contributed by atoms with Crippen molar-refractivity contribution in [3.8, 4) is 10.7 Å². The van der Waals surface area contributed by atoms with Crippen molar-refractivity contribution in [3.63, 3.8) is 0 Å². The summed E-state index contributed by atoms with van der Waals surface area (Å²) in [6, 6.07) is 0.183. The van der Waals surface area contributed by atoms with Gasteiger partial charge in [-0.15, -0.1) is 11.3 Å². The van der Waals surface area contributed by atoms with Gasteiger partial charge in [-0.05, 0) is 26.2 Å². The first kappa shape index (κ1) is 10.9. The average Bonchev–Trinajstić information content (AvgIpc) is 2.94. The minimum absolute atomic E-state index is 0.183. The Balaban J connectivity index is 2.05. The van der Waals surface area contributed by atoms with Crippen molar-refractivity contribution >= 4 is 11.3 Å². The Kier molecular flexibility index (Phi) is 2.72. The van der Waals surface area contributed by atoms with Gasteiger partial charge in [0, 0.05) is 17.5 Å². The number of thiazole rings is 1. The molecule has 0 radical (unpaired) electrons. The van der Waals surface area contributed by atoms with Crippen LogP contribution in [-0.4, -0.2) is 14.5 Å². The molecule has 2 heterocycles. The number of aromatic nitrogens is 3. The summed E-state index contributed by atoms with van der Waals surface area (Å²) < 4.78 is 2.12. The van der Waals surface area contributed by atoms with Gasteiger partial charge in [-0.2, -0.15) is 0 Å². The molecule has 0 saturated heterocycles. The van der Waals surface area contributed by atoms with Crippen LogP contribution in [0.1, 0.15) is 36.4 Å². The zero-order valence-electron chi connectivity index (χ0n) is 9.89. The van der Waals surface area contributed by atoms with E-state index in [1.807, 2.05) is 12.5 Å². The Bertz CT molecular complexity index is 528. The average molecular weight is 248 g/mol. The van der Waals surface area contributed by atoms with Crippen LogP contribution in [0, 0.1) is 0 Å². The number of imidazole rings is 1. The highest BCUT2D eigenvalue weighted by Gasteiger charge is 2.22. The third-order valence-corrected chi connectivity index (χ3v) is 4.52. The molecular weight excluding hydrogens is 232 g/mol. The molecule has 1 unspecified atom stereocenters. The summed E-state index contributed by atoms with van der Waals surface area (Å²) in [6.07, 6.45) is 7.06. The van der Waals surface area contributed by atoms with Crippen LogP contribution in [-0.2, 0) is 13.0 Å². The van der Waals surface area contributed by atoms with Crippen molar-refractivity contribution in [1.29, 1.82) is 0 Å². The van der Waals surface area contributed by atoms with Gasteiger partial charge >= 0.3 is 0 Å². The van der Waals surface area contributed by atoms with Gasteiger partial charge in [0.15, 0.2) is 0 Å². The fraction of sp³-hybridized carbons (Fsp3) is 0.500. The summed E-state index contributed by atoms with van der Waals surface area (Å²) >= 11 is 1.73. The van der Waals surface area contributed by atoms with Crippen molar-refractivity contribution in [2.45, 2.75) is 38.8 Å². The molecule has 0 fully saturated rings. The lowest BCUT2D eigenvalue weighted by Gasteiger charge is -2.15. The maximum absolute atomic E-state index is 6.13. The molecule has 0 bridgehead atoms. The molecule has 3 rings (SSSR count). The van der Waals surface area contributed by atoms with E-state index in [9.17, 15) is 0 Å². The molecule has 5 heteroatoms. The standard InChI is InChI=1S/C12H16N4S/c1-2-16-7-14-6-10(16)12-15-9-5-3-4-8(13)11(9)17-12/h6-8H,2-5,13H2,1H3. The summed E-state index contributed by atoms with van der Waals surface area (Å²) in [5.41, 5.74) is 8.44. The van der Waals surface area contributed by atoms with Crippen LogP contribution in [0.25, 0.3) is 10.7 Å². The van der Waals surface area contributed by atoms with Crippen molar-refractivity contribution in [1.82, 2.24) is 14.5 Å². The second kappa shape index (κ2) is 4.23. The monoisotopic (exact) mass is 248 g/mol. The Labute approximate surface area is 105 Å². The highest BCUT2D eigenvalue weighted by atomic mass is 32.1. The number of aryl methyl sites for hydroxylation is 2. The maximum atomic E-state index is 6.13. The van der Waals surface area contributed by atoms with E-state index in [4.69, 9.17) is 10.7 Å². The Hall–Kier alpha value is -1.20. The molecule has 2 N–H and O–H groups in total. The quantitative estimate of drug-likeness (QED) is 0.887. The molecule has 90 valence electrons. The highest BCUT2D eigenvalue weighted by Crippen LogP contribution is 2.36. The second-order valence-corrected chi connectivity index (χ2v) is 5.42. The molecule has 2 aromatic rings. The lowest BCUT2D eigenvalue weighted by molar-refractivity contribution is 0.573. The lowest BCUT2D eigenvalue weighted by atomic mass is 9.99. The molecule has 0 amide bonds. The smallest absolute Gasteiger partial charge is 0.142 e. The first-order valence-electron chi connectivity index (χ1n) is 6.05. The van der Waals surface area contributed by atoms with E-state index in [1.54, 1.807) is 11.3 Å². The van der Waals surface area contributed by atoms with Crippen molar-refractivity contribution in [3.05, 3.63) is 23.1 Å². The largest absolute Gasteiger partial charge is 0.329 e. The number of nitrogens with two attached hydrogens (primary N) is 1. The third-order valence-electron chi connectivity index (χ3n) is 3.27. The number of fused-ring (bicyclic) bond motifs is 1. The Morgan fingerprint density at radius 3 is 3.24 bits per heavy atom. The van der Waals surface area contributed by atoms with E-state index < -0.39 is 0 Å². The normalized spacial score (nSPS) is 19.3. The van der Waals surface area contributed by atoms with E-state index in [1.165, 1.54) is 10.6 Å². The number of hydrogen-bond donors (Lipinski definition) is 1. The predicted molar refractivity (Wildman–Crippen MR) is 68.9 cm³/mol. The second-order valence-electron chi connectivity index (χ2n) is 4.39. The first-order valence-corrected chi connectivity index (χ1v) is 6.87. The Morgan fingerprint density at radius 2 is 2.47 bits per heavy atom. The zero-order chi connectivity index (χ0) is 11.8. The van der Waals surface area contributed by atoms with Gasteiger partial charge in [-0.1, -0.05) is 0 Å². The molecule has 4 nitrogen and oxygen atoms in total. The minimum atomic E-state index is 0.183. The summed E-state index contributed by atoms with van der Waals surface area (Å²) in [5, 5.41) is 1.06. The fourth-order valence-electron chi connectivity index (χ4n) is 2.31. The molecule has 0 aromatic carbocycles. The predicted octanol–water partition coefficient (Wildman–Crippen LogP) is 2.36. The van der Waals surface area contributed by atoms with E-state index in [2.05, 4.69) is 16.5 Å². The molecule has 0 saturated carbocycles. The van der Waals surface area contributed by atoms with Crippen molar-refractivity contribution < 1.29 is 0 Å². The van der Waals surface area contributed by atoms with Crippen molar-refractivity contribution in [2.24, 2.45) is 5.73 Å². The summed E-state index contributed by atoms with van der Waals surface area (Å²) in [7, 11) is 0. The SMILES string of the molecule is CCn1cncc1-c1nc2c(s1)C(N)CCC2. The van der Waals surface area contributed by atoms with Crippen LogP contribution in [0.4, 0.5) is 0 Å². The molecule has 1 atom stereocenters. The van der Waals surface area contributed by atoms with Gasteiger partial charge in [0.25, 0.3) is 0 Å². The fourth-order valence-corrected chi connectivity index (χ4v) is 3.49. The molecule has 17 heavy (non-hydrogen) atoms. The summed E-state index contributed by atoms with van der Waals surface area (Å²) in [6.45, 7) is 3.04. The van der Waals surface area contributed by atoms with E-state index in [0.717, 1.165) is 36.5 Å². The van der Waals surface area contributed by atoms with Gasteiger partial charge in [-0.3, -0.25) is 0 Å². The van der Waals surface area contributed by atoms with Gasteiger partial charge in [0.2, 0.25) is 0 Å². The van der Waals surface area contributed by atoms with E-state index in [0.29, 0.717) is 0 Å².